The number of amides is 5. The predicted octanol–water partition coefficient (Wildman–Crippen LogP) is -1.61. The van der Waals surface area contributed by atoms with Crippen molar-refractivity contribution in [2.75, 3.05) is 0 Å². The van der Waals surface area contributed by atoms with Crippen LogP contribution in [0.3, 0.4) is 0 Å². The molecule has 2 aliphatic rings. The highest BCUT2D eigenvalue weighted by Crippen LogP contribution is 2.22. The van der Waals surface area contributed by atoms with Gasteiger partial charge in [-0.05, 0) is 12.8 Å². The summed E-state index contributed by atoms with van der Waals surface area (Å²) in [5.74, 6) is -1.88. The Bertz CT molecular complexity index is 356. The minimum Gasteiger partial charge on any atom is -0.334 e. The van der Waals surface area contributed by atoms with Crippen LogP contribution in [-0.4, -0.2) is 29.3 Å². The van der Waals surface area contributed by atoms with Crippen LogP contribution in [-0.2, 0) is 14.4 Å². The second kappa shape index (κ2) is 3.04. The minimum atomic E-state index is -1.59. The van der Waals surface area contributed by atoms with E-state index in [2.05, 4.69) is 5.32 Å². The quantitative estimate of drug-likeness (QED) is 0.419. The van der Waals surface area contributed by atoms with Crippen molar-refractivity contribution in [2.45, 2.75) is 24.8 Å². The highest BCUT2D eigenvalue weighted by atomic mass is 16.2. The molecule has 0 saturated carbocycles. The lowest BCUT2D eigenvalue weighted by Crippen LogP contribution is -2.74. The van der Waals surface area contributed by atoms with E-state index in [1.54, 1.807) is 0 Å². The van der Waals surface area contributed by atoms with Gasteiger partial charge in [-0.1, -0.05) is 0 Å². The van der Waals surface area contributed by atoms with Crippen molar-refractivity contribution >= 4 is 23.8 Å². The van der Waals surface area contributed by atoms with Gasteiger partial charge >= 0.3 is 6.03 Å². The van der Waals surface area contributed by atoms with Gasteiger partial charge in [-0.15, -0.1) is 0 Å². The van der Waals surface area contributed by atoms with Crippen LogP contribution in [0.4, 0.5) is 4.79 Å². The Balaban J connectivity index is 2.32. The molecule has 5 amide bonds. The molecule has 2 rings (SSSR count). The number of carbonyl (C=O) groups is 4. The Labute approximate surface area is 84.6 Å². The van der Waals surface area contributed by atoms with E-state index in [0.29, 0.717) is 6.42 Å². The maximum atomic E-state index is 11.5. The number of hydrogen-bond donors (Lipinski definition) is 3. The fraction of sp³-hybridized carbons (Fsp3) is 0.500. The van der Waals surface area contributed by atoms with Crippen LogP contribution in [0, 0.1) is 0 Å². The third-order valence-corrected chi connectivity index (χ3v) is 2.54. The first-order valence-corrected chi connectivity index (χ1v) is 4.52. The molecule has 15 heavy (non-hydrogen) atoms. The largest absolute Gasteiger partial charge is 0.334 e. The van der Waals surface area contributed by atoms with Gasteiger partial charge in [0.25, 0.3) is 11.8 Å². The van der Waals surface area contributed by atoms with E-state index in [4.69, 9.17) is 0 Å². The van der Waals surface area contributed by atoms with Crippen LogP contribution in [0.1, 0.15) is 19.3 Å². The van der Waals surface area contributed by atoms with Crippen molar-refractivity contribution in [3.63, 3.8) is 0 Å². The second-order valence-corrected chi connectivity index (χ2v) is 3.54. The lowest BCUT2D eigenvalue weighted by molar-refractivity contribution is -0.146. The molecule has 2 heterocycles. The average Bonchev–Trinajstić information content (AvgIpc) is 2.15. The van der Waals surface area contributed by atoms with E-state index >= 15 is 0 Å². The first-order valence-electron chi connectivity index (χ1n) is 4.52. The Morgan fingerprint density at radius 3 is 2.13 bits per heavy atom. The topological polar surface area (TPSA) is 104 Å². The van der Waals surface area contributed by atoms with E-state index in [0.717, 1.165) is 0 Å². The molecule has 0 bridgehead atoms. The average molecular weight is 211 g/mol. The van der Waals surface area contributed by atoms with E-state index in [1.807, 2.05) is 10.6 Å². The second-order valence-electron chi connectivity index (χ2n) is 3.54. The summed E-state index contributed by atoms with van der Waals surface area (Å²) in [4.78, 5) is 45.0. The van der Waals surface area contributed by atoms with E-state index in [-0.39, 0.29) is 18.7 Å². The molecule has 7 heteroatoms. The summed E-state index contributed by atoms with van der Waals surface area (Å²) in [6.45, 7) is 0. The number of rotatable bonds is 0. The van der Waals surface area contributed by atoms with Crippen LogP contribution >= 0.6 is 0 Å². The maximum absolute atomic E-state index is 11.5. The summed E-state index contributed by atoms with van der Waals surface area (Å²) < 4.78 is 0. The third kappa shape index (κ3) is 1.36. The molecule has 0 aromatic heterocycles. The summed E-state index contributed by atoms with van der Waals surface area (Å²) in [5.41, 5.74) is -1.59. The number of barbiturate groups is 1. The first-order chi connectivity index (χ1) is 7.04. The van der Waals surface area contributed by atoms with E-state index < -0.39 is 23.4 Å². The number of piperidine rings is 1. The number of imide groups is 2. The highest BCUT2D eigenvalue weighted by Gasteiger charge is 2.52. The monoisotopic (exact) mass is 211 g/mol. The van der Waals surface area contributed by atoms with E-state index in [1.165, 1.54) is 0 Å². The lowest BCUT2D eigenvalue weighted by Gasteiger charge is -2.36. The fourth-order valence-corrected chi connectivity index (χ4v) is 1.77. The molecule has 7 nitrogen and oxygen atoms in total. The fourth-order valence-electron chi connectivity index (χ4n) is 1.77. The van der Waals surface area contributed by atoms with Crippen LogP contribution in [0.2, 0.25) is 0 Å². The summed E-state index contributed by atoms with van der Waals surface area (Å²) >= 11 is 0. The maximum Gasteiger partial charge on any atom is 0.328 e. The van der Waals surface area contributed by atoms with Gasteiger partial charge in [0, 0.05) is 6.42 Å². The number of hydrogen-bond acceptors (Lipinski definition) is 4. The molecule has 80 valence electrons. The Morgan fingerprint density at radius 1 is 1.00 bits per heavy atom. The molecular weight excluding hydrogens is 202 g/mol. The normalized spacial score (nSPS) is 24.5. The molecule has 2 saturated heterocycles. The summed E-state index contributed by atoms with van der Waals surface area (Å²) in [5, 5.41) is 6.27. The SMILES string of the molecule is O=C1CCCC2(N1)C(=O)NC(=O)NC2=O. The molecule has 1 spiro atoms. The lowest BCUT2D eigenvalue weighted by atomic mass is 9.85. The molecule has 0 aromatic carbocycles. The van der Waals surface area contributed by atoms with Gasteiger partial charge in [0.05, 0.1) is 0 Å². The number of nitrogens with one attached hydrogen (secondary N) is 3. The number of urea groups is 1. The van der Waals surface area contributed by atoms with Crippen LogP contribution in [0.15, 0.2) is 0 Å². The molecule has 2 fully saturated rings. The van der Waals surface area contributed by atoms with Crippen molar-refractivity contribution < 1.29 is 19.2 Å². The van der Waals surface area contributed by atoms with Crippen molar-refractivity contribution in [3.8, 4) is 0 Å². The summed E-state index contributed by atoms with van der Waals surface area (Å²) in [6.07, 6.45) is 0.945. The predicted molar refractivity (Wildman–Crippen MR) is 46.4 cm³/mol. The Hall–Kier alpha value is -1.92. The Kier molecular flexibility index (Phi) is 1.95. The van der Waals surface area contributed by atoms with Gasteiger partial charge in [-0.25, -0.2) is 4.79 Å². The molecule has 0 atom stereocenters. The minimum absolute atomic E-state index is 0.212. The van der Waals surface area contributed by atoms with Crippen LogP contribution in [0.25, 0.3) is 0 Å². The van der Waals surface area contributed by atoms with Crippen molar-refractivity contribution in [1.82, 2.24) is 16.0 Å². The van der Waals surface area contributed by atoms with Crippen LogP contribution < -0.4 is 16.0 Å². The van der Waals surface area contributed by atoms with Crippen molar-refractivity contribution in [2.24, 2.45) is 0 Å². The van der Waals surface area contributed by atoms with Gasteiger partial charge < -0.3 is 5.32 Å². The van der Waals surface area contributed by atoms with Gasteiger partial charge in [-0.2, -0.15) is 0 Å². The Morgan fingerprint density at radius 2 is 1.60 bits per heavy atom. The summed E-state index contributed by atoms with van der Waals surface area (Å²) in [6, 6.07) is -0.851. The van der Waals surface area contributed by atoms with Gasteiger partial charge in [0.1, 0.15) is 0 Å². The zero-order chi connectivity index (χ0) is 11.1. The van der Waals surface area contributed by atoms with Crippen molar-refractivity contribution in [3.05, 3.63) is 0 Å². The zero-order valence-corrected chi connectivity index (χ0v) is 7.75. The zero-order valence-electron chi connectivity index (χ0n) is 7.75. The molecule has 3 N–H and O–H groups in total. The third-order valence-electron chi connectivity index (χ3n) is 2.54. The molecule has 0 radical (unpaired) electrons. The summed E-state index contributed by atoms with van der Waals surface area (Å²) in [7, 11) is 0. The van der Waals surface area contributed by atoms with Crippen molar-refractivity contribution in [1.29, 1.82) is 0 Å². The molecule has 0 aliphatic carbocycles. The smallest absolute Gasteiger partial charge is 0.328 e. The van der Waals surface area contributed by atoms with Gasteiger partial charge in [0.2, 0.25) is 5.91 Å². The standard InChI is InChI=1S/C8H9N3O4/c12-4-2-1-3-8(11-4)5(13)9-7(15)10-6(8)14/h1-3H2,(H,11,12)(H2,9,10,13,14,15). The molecule has 0 unspecified atom stereocenters. The van der Waals surface area contributed by atoms with Crippen LogP contribution in [0.5, 0.6) is 0 Å². The van der Waals surface area contributed by atoms with Gasteiger partial charge in [0.15, 0.2) is 5.54 Å². The molecule has 0 aromatic rings. The molecular formula is C8H9N3O4. The molecule has 2 aliphatic heterocycles. The highest BCUT2D eigenvalue weighted by molar-refractivity contribution is 6.23. The number of carbonyl (C=O) groups excluding carboxylic acids is 4. The van der Waals surface area contributed by atoms with Gasteiger partial charge in [-0.3, -0.25) is 25.0 Å². The van der Waals surface area contributed by atoms with E-state index in [9.17, 15) is 19.2 Å². The first kappa shape index (κ1) is 9.63.